The summed E-state index contributed by atoms with van der Waals surface area (Å²) in [4.78, 5) is 0. The van der Waals surface area contributed by atoms with Crippen LogP contribution in [0.5, 0.6) is 11.5 Å². The van der Waals surface area contributed by atoms with Crippen LogP contribution in [0.4, 0.5) is 30.7 Å². The van der Waals surface area contributed by atoms with E-state index < -0.39 is 18.1 Å². The van der Waals surface area contributed by atoms with Crippen LogP contribution in [0.3, 0.4) is 0 Å². The summed E-state index contributed by atoms with van der Waals surface area (Å²) in [6.45, 7) is 2.11. The third-order valence-corrected chi connectivity index (χ3v) is 4.51. The summed E-state index contributed by atoms with van der Waals surface area (Å²) in [5.74, 6) is -5.90. The average molecular weight is 517 g/mol. The number of rotatable bonds is 8. The highest BCUT2D eigenvalue weighted by atomic mass is 79.9. The van der Waals surface area contributed by atoms with Crippen LogP contribution in [-0.4, -0.2) is 31.5 Å². The Balaban J connectivity index is 2.16. The standard InChI is InChI=1S/C19H16BrF7N2O2/c1-11-3-5-12(6-4-11)10-31-16-14(20)7-13(8-15(16)30-2)9-28-29-19(26,27)17(21,22)18(23,24)25/h3-9,29H,10H2,1-2H3/b28-9+. The van der Waals surface area contributed by atoms with E-state index in [0.29, 0.717) is 16.1 Å². The Morgan fingerprint density at radius 2 is 1.65 bits per heavy atom. The molecule has 31 heavy (non-hydrogen) atoms. The molecule has 0 aromatic heterocycles. The van der Waals surface area contributed by atoms with Crippen LogP contribution in [0.15, 0.2) is 46.0 Å². The van der Waals surface area contributed by atoms with Crippen molar-refractivity contribution >= 4 is 22.1 Å². The van der Waals surface area contributed by atoms with Crippen LogP contribution in [0.2, 0.25) is 0 Å². The number of hydrazone groups is 1. The number of hydrogen-bond donors (Lipinski definition) is 1. The van der Waals surface area contributed by atoms with Gasteiger partial charge in [-0.15, -0.1) is 0 Å². The van der Waals surface area contributed by atoms with Gasteiger partial charge in [0.05, 0.1) is 17.8 Å². The third-order valence-electron chi connectivity index (χ3n) is 3.92. The predicted octanol–water partition coefficient (Wildman–Crippen LogP) is 6.06. The van der Waals surface area contributed by atoms with Crippen LogP contribution >= 0.6 is 15.9 Å². The first-order valence-electron chi connectivity index (χ1n) is 8.47. The second kappa shape index (κ2) is 9.33. The molecule has 0 aliphatic carbocycles. The zero-order chi connectivity index (χ0) is 23.4. The van der Waals surface area contributed by atoms with Crippen LogP contribution < -0.4 is 14.9 Å². The van der Waals surface area contributed by atoms with E-state index in [-0.39, 0.29) is 23.7 Å². The second-order valence-electron chi connectivity index (χ2n) is 6.32. The Kier molecular flexibility index (Phi) is 7.45. The Labute approximate surface area is 181 Å². The molecule has 0 atom stereocenters. The highest BCUT2D eigenvalue weighted by Gasteiger charge is 2.73. The SMILES string of the molecule is COc1cc(/C=N/NC(F)(F)C(F)(F)C(F)(F)F)cc(Br)c1OCc1ccc(C)cc1. The van der Waals surface area contributed by atoms with Crippen LogP contribution in [0.1, 0.15) is 16.7 Å². The minimum absolute atomic E-state index is 0.0602. The van der Waals surface area contributed by atoms with Crippen molar-refractivity contribution in [2.24, 2.45) is 5.10 Å². The van der Waals surface area contributed by atoms with E-state index in [1.54, 1.807) is 0 Å². The number of methoxy groups -OCH3 is 1. The van der Waals surface area contributed by atoms with Gasteiger partial charge in [0.2, 0.25) is 0 Å². The summed E-state index contributed by atoms with van der Waals surface area (Å²) in [5, 5.41) is 2.82. The first-order valence-corrected chi connectivity index (χ1v) is 9.26. The van der Waals surface area contributed by atoms with Crippen molar-refractivity contribution in [2.45, 2.75) is 31.7 Å². The van der Waals surface area contributed by atoms with Gasteiger partial charge in [0.1, 0.15) is 6.61 Å². The molecule has 0 unspecified atom stereocenters. The largest absolute Gasteiger partial charge is 0.493 e. The quantitative estimate of drug-likeness (QED) is 0.201. The van der Waals surface area contributed by atoms with Crippen LogP contribution in [0.25, 0.3) is 0 Å². The smallest absolute Gasteiger partial charge is 0.462 e. The number of halogens is 8. The molecular weight excluding hydrogens is 501 g/mol. The summed E-state index contributed by atoms with van der Waals surface area (Å²) in [6, 6.07) is 4.47. The number of ether oxygens (including phenoxy) is 2. The number of hydrogen-bond acceptors (Lipinski definition) is 4. The van der Waals surface area contributed by atoms with Crippen molar-refractivity contribution in [1.82, 2.24) is 5.43 Å². The van der Waals surface area contributed by atoms with Gasteiger partial charge >= 0.3 is 18.1 Å². The normalized spacial score (nSPS) is 12.8. The number of nitrogens with zero attached hydrogens (tertiary/aromatic N) is 1. The van der Waals surface area contributed by atoms with E-state index in [2.05, 4.69) is 21.0 Å². The van der Waals surface area contributed by atoms with Crippen molar-refractivity contribution in [3.8, 4) is 11.5 Å². The molecule has 4 nitrogen and oxygen atoms in total. The molecule has 0 radical (unpaired) electrons. The zero-order valence-corrected chi connectivity index (χ0v) is 17.6. The van der Waals surface area contributed by atoms with Crippen molar-refractivity contribution < 1.29 is 40.2 Å². The lowest BCUT2D eigenvalue weighted by atomic mass is 10.2. The van der Waals surface area contributed by atoms with Crippen molar-refractivity contribution in [2.75, 3.05) is 7.11 Å². The number of aryl methyl sites for hydroxylation is 1. The lowest BCUT2D eigenvalue weighted by Crippen LogP contribution is -2.58. The lowest BCUT2D eigenvalue weighted by molar-refractivity contribution is -0.361. The third kappa shape index (κ3) is 5.81. The summed E-state index contributed by atoms with van der Waals surface area (Å²) < 4.78 is 99.8. The fraction of sp³-hybridized carbons (Fsp3) is 0.316. The van der Waals surface area contributed by atoms with E-state index in [1.807, 2.05) is 31.2 Å². The molecule has 2 aromatic rings. The monoisotopic (exact) mass is 516 g/mol. The van der Waals surface area contributed by atoms with E-state index in [9.17, 15) is 30.7 Å². The van der Waals surface area contributed by atoms with Gasteiger partial charge in [0.25, 0.3) is 0 Å². The van der Waals surface area contributed by atoms with Gasteiger partial charge in [0.15, 0.2) is 11.5 Å². The molecule has 0 bridgehead atoms. The molecule has 0 aliphatic rings. The maximum Gasteiger partial charge on any atom is 0.462 e. The fourth-order valence-corrected chi connectivity index (χ4v) is 2.80. The second-order valence-corrected chi connectivity index (χ2v) is 7.18. The molecule has 0 saturated carbocycles. The van der Waals surface area contributed by atoms with Crippen molar-refractivity contribution in [1.29, 1.82) is 0 Å². The molecule has 170 valence electrons. The van der Waals surface area contributed by atoms with E-state index >= 15 is 0 Å². The first-order chi connectivity index (χ1) is 14.3. The Morgan fingerprint density at radius 1 is 1.03 bits per heavy atom. The molecule has 0 fully saturated rings. The summed E-state index contributed by atoms with van der Waals surface area (Å²) in [7, 11) is 1.30. The molecule has 0 heterocycles. The molecule has 2 aromatic carbocycles. The summed E-state index contributed by atoms with van der Waals surface area (Å²) in [5.41, 5.74) is 2.55. The van der Waals surface area contributed by atoms with Gasteiger partial charge in [-0.3, -0.25) is 0 Å². The molecule has 12 heteroatoms. The molecule has 2 rings (SSSR count). The molecule has 0 aliphatic heterocycles. The van der Waals surface area contributed by atoms with Crippen molar-refractivity contribution in [3.05, 3.63) is 57.6 Å². The molecule has 0 amide bonds. The Hall–Kier alpha value is -2.50. The minimum atomic E-state index is -6.46. The highest BCUT2D eigenvalue weighted by molar-refractivity contribution is 9.10. The number of nitrogens with one attached hydrogen (secondary N) is 1. The van der Waals surface area contributed by atoms with Gasteiger partial charge in [-0.1, -0.05) is 29.8 Å². The van der Waals surface area contributed by atoms with E-state index in [1.165, 1.54) is 19.2 Å². The molecular formula is C19H16BrF7N2O2. The van der Waals surface area contributed by atoms with Crippen molar-refractivity contribution in [3.63, 3.8) is 0 Å². The van der Waals surface area contributed by atoms with E-state index in [0.717, 1.165) is 11.1 Å². The summed E-state index contributed by atoms with van der Waals surface area (Å²) in [6.07, 6.45) is -5.82. The first kappa shape index (κ1) is 24.8. The summed E-state index contributed by atoms with van der Waals surface area (Å²) >= 11 is 3.21. The average Bonchev–Trinajstić information content (AvgIpc) is 2.67. The predicted molar refractivity (Wildman–Crippen MR) is 103 cm³/mol. The number of benzene rings is 2. The highest BCUT2D eigenvalue weighted by Crippen LogP contribution is 2.45. The van der Waals surface area contributed by atoms with Gasteiger partial charge < -0.3 is 9.47 Å². The zero-order valence-electron chi connectivity index (χ0n) is 16.0. The number of alkyl halides is 7. The van der Waals surface area contributed by atoms with Gasteiger partial charge in [-0.25, -0.2) is 5.43 Å². The Bertz CT molecular complexity index is 932. The van der Waals surface area contributed by atoms with Gasteiger partial charge in [-0.2, -0.15) is 35.8 Å². The topological polar surface area (TPSA) is 42.8 Å². The van der Waals surface area contributed by atoms with Crippen LogP contribution in [0, 0.1) is 6.92 Å². The minimum Gasteiger partial charge on any atom is -0.493 e. The maximum absolute atomic E-state index is 13.2. The molecule has 1 N–H and O–H groups in total. The molecule has 0 saturated heterocycles. The van der Waals surface area contributed by atoms with Crippen LogP contribution in [-0.2, 0) is 6.61 Å². The lowest BCUT2D eigenvalue weighted by Gasteiger charge is -2.27. The van der Waals surface area contributed by atoms with Gasteiger partial charge in [0, 0.05) is 0 Å². The Morgan fingerprint density at radius 3 is 2.19 bits per heavy atom. The molecule has 0 spiro atoms. The maximum atomic E-state index is 13.2. The van der Waals surface area contributed by atoms with E-state index in [4.69, 9.17) is 9.47 Å². The fourth-order valence-electron chi connectivity index (χ4n) is 2.23. The van der Waals surface area contributed by atoms with Gasteiger partial charge in [-0.05, 0) is 46.1 Å².